The van der Waals surface area contributed by atoms with E-state index in [1.807, 2.05) is 0 Å². The van der Waals surface area contributed by atoms with E-state index < -0.39 is 22.0 Å². The number of rotatable bonds is 8. The molecule has 2 aromatic carbocycles. The van der Waals surface area contributed by atoms with Crippen LogP contribution < -0.4 is 20.5 Å². The Morgan fingerprint density at radius 1 is 1.26 bits per heavy atom. The van der Waals surface area contributed by atoms with Crippen LogP contribution in [0.3, 0.4) is 0 Å². The van der Waals surface area contributed by atoms with Gasteiger partial charge in [0.05, 0.1) is 12.8 Å². The molecular weight excluding hydrogens is 390 g/mol. The summed E-state index contributed by atoms with van der Waals surface area (Å²) in [5, 5.41) is 3.33. The number of methoxy groups -OCH3 is 1. The zero-order valence-electron chi connectivity index (χ0n) is 14.6. The average molecular weight is 410 g/mol. The fraction of sp³-hybridized carbons (Fsp3) is 0.278. The number of primary amides is 1. The van der Waals surface area contributed by atoms with Crippen LogP contribution in [-0.4, -0.2) is 27.5 Å². The third-order valence-electron chi connectivity index (χ3n) is 4.16. The van der Waals surface area contributed by atoms with Crippen LogP contribution in [0.15, 0.2) is 47.4 Å². The minimum atomic E-state index is -3.73. The summed E-state index contributed by atoms with van der Waals surface area (Å²) in [6.07, 6.45) is 1.64. The smallest absolute Gasteiger partial charge is 0.244 e. The van der Waals surface area contributed by atoms with Gasteiger partial charge in [0.15, 0.2) is 0 Å². The summed E-state index contributed by atoms with van der Waals surface area (Å²) in [4.78, 5) is 12.2. The van der Waals surface area contributed by atoms with Crippen molar-refractivity contribution in [3.8, 4) is 5.75 Å². The summed E-state index contributed by atoms with van der Waals surface area (Å²) in [6.45, 7) is 0. The van der Waals surface area contributed by atoms with Gasteiger partial charge in [-0.1, -0.05) is 23.7 Å². The summed E-state index contributed by atoms with van der Waals surface area (Å²) in [5.74, 6) is -0.287. The second-order valence-electron chi connectivity index (χ2n) is 6.26. The van der Waals surface area contributed by atoms with Crippen LogP contribution in [0.1, 0.15) is 24.4 Å². The SMILES string of the molecule is COc1ccc(Cl)cc1C(Nc1ccccc1S(=O)(=O)NC1CC1)C(N)=O. The molecule has 0 saturated heterocycles. The number of sulfonamides is 1. The molecule has 0 bridgehead atoms. The molecule has 2 aromatic rings. The van der Waals surface area contributed by atoms with Crippen molar-refractivity contribution in [1.82, 2.24) is 4.72 Å². The number of benzene rings is 2. The first-order valence-corrected chi connectivity index (χ1v) is 10.2. The predicted molar refractivity (Wildman–Crippen MR) is 103 cm³/mol. The summed E-state index contributed by atoms with van der Waals surface area (Å²) in [7, 11) is -2.27. The molecule has 0 spiro atoms. The first-order valence-electron chi connectivity index (χ1n) is 8.32. The van der Waals surface area contributed by atoms with E-state index >= 15 is 0 Å². The van der Waals surface area contributed by atoms with E-state index in [1.54, 1.807) is 36.4 Å². The van der Waals surface area contributed by atoms with Crippen molar-refractivity contribution in [2.75, 3.05) is 12.4 Å². The number of amides is 1. The maximum atomic E-state index is 12.7. The lowest BCUT2D eigenvalue weighted by atomic mass is 10.0. The Labute approximate surface area is 162 Å². The van der Waals surface area contributed by atoms with Gasteiger partial charge in [0.1, 0.15) is 16.7 Å². The molecule has 1 saturated carbocycles. The molecule has 9 heteroatoms. The number of hydrogen-bond donors (Lipinski definition) is 3. The molecule has 4 N–H and O–H groups in total. The maximum absolute atomic E-state index is 12.7. The van der Waals surface area contributed by atoms with E-state index in [4.69, 9.17) is 22.1 Å². The van der Waals surface area contributed by atoms with Crippen LogP contribution in [0, 0.1) is 0 Å². The number of carbonyl (C=O) groups is 1. The second kappa shape index (κ2) is 7.75. The first kappa shape index (κ1) is 19.5. The highest BCUT2D eigenvalue weighted by Crippen LogP contribution is 2.33. The second-order valence-corrected chi connectivity index (χ2v) is 8.38. The largest absolute Gasteiger partial charge is 0.496 e. The third-order valence-corrected chi connectivity index (χ3v) is 5.98. The zero-order valence-corrected chi connectivity index (χ0v) is 16.2. The molecule has 1 unspecified atom stereocenters. The Morgan fingerprint density at radius 2 is 1.96 bits per heavy atom. The predicted octanol–water partition coefficient (Wildman–Crippen LogP) is 2.43. The third kappa shape index (κ3) is 4.52. The molecule has 1 aliphatic rings. The van der Waals surface area contributed by atoms with Gasteiger partial charge in [-0.3, -0.25) is 4.79 Å². The quantitative estimate of drug-likeness (QED) is 0.620. The van der Waals surface area contributed by atoms with Crippen LogP contribution in [0.4, 0.5) is 5.69 Å². The number of ether oxygens (including phenoxy) is 1. The lowest BCUT2D eigenvalue weighted by molar-refractivity contribution is -0.118. The van der Waals surface area contributed by atoms with Crippen molar-refractivity contribution in [2.24, 2.45) is 5.73 Å². The molecule has 1 aliphatic carbocycles. The van der Waals surface area contributed by atoms with Crippen molar-refractivity contribution in [3.63, 3.8) is 0 Å². The van der Waals surface area contributed by atoms with Crippen LogP contribution >= 0.6 is 11.6 Å². The van der Waals surface area contributed by atoms with Crippen LogP contribution in [0.2, 0.25) is 5.02 Å². The number of anilines is 1. The number of nitrogens with one attached hydrogen (secondary N) is 2. The number of para-hydroxylation sites is 1. The Hall–Kier alpha value is -2.29. The van der Waals surface area contributed by atoms with Crippen LogP contribution in [-0.2, 0) is 14.8 Å². The molecule has 0 aliphatic heterocycles. The lowest BCUT2D eigenvalue weighted by Crippen LogP contribution is -2.30. The summed E-state index contributed by atoms with van der Waals surface area (Å²) < 4.78 is 33.2. The minimum Gasteiger partial charge on any atom is -0.496 e. The van der Waals surface area contributed by atoms with Gasteiger partial charge in [-0.15, -0.1) is 0 Å². The highest BCUT2D eigenvalue weighted by Gasteiger charge is 2.30. The van der Waals surface area contributed by atoms with Gasteiger partial charge in [-0.05, 0) is 43.2 Å². The van der Waals surface area contributed by atoms with Gasteiger partial charge >= 0.3 is 0 Å². The number of nitrogens with two attached hydrogens (primary N) is 1. The van der Waals surface area contributed by atoms with E-state index in [-0.39, 0.29) is 16.6 Å². The Balaban J connectivity index is 1.99. The van der Waals surface area contributed by atoms with E-state index in [2.05, 4.69) is 10.0 Å². The fourth-order valence-corrected chi connectivity index (χ4v) is 4.35. The van der Waals surface area contributed by atoms with Gasteiger partial charge < -0.3 is 15.8 Å². The highest BCUT2D eigenvalue weighted by molar-refractivity contribution is 7.89. The molecule has 144 valence electrons. The molecule has 1 amide bonds. The normalized spacial score (nSPS) is 15.2. The van der Waals surface area contributed by atoms with E-state index in [0.29, 0.717) is 16.3 Å². The molecule has 0 radical (unpaired) electrons. The van der Waals surface area contributed by atoms with Gasteiger partial charge in [0.2, 0.25) is 15.9 Å². The molecule has 1 fully saturated rings. The van der Waals surface area contributed by atoms with Gasteiger partial charge in [0.25, 0.3) is 0 Å². The minimum absolute atomic E-state index is 0.0389. The van der Waals surface area contributed by atoms with Crippen molar-refractivity contribution < 1.29 is 17.9 Å². The molecule has 0 aromatic heterocycles. The Morgan fingerprint density at radius 3 is 2.59 bits per heavy atom. The van der Waals surface area contributed by atoms with E-state index in [9.17, 15) is 13.2 Å². The fourth-order valence-electron chi connectivity index (χ4n) is 2.69. The van der Waals surface area contributed by atoms with E-state index in [1.165, 1.54) is 13.2 Å². The summed E-state index contributed by atoms with van der Waals surface area (Å²) in [5.41, 5.74) is 6.25. The van der Waals surface area contributed by atoms with Crippen LogP contribution in [0.5, 0.6) is 5.75 Å². The number of carbonyl (C=O) groups excluding carboxylic acids is 1. The molecule has 3 rings (SSSR count). The Kier molecular flexibility index (Phi) is 5.59. The number of hydrogen-bond acceptors (Lipinski definition) is 5. The molecular formula is C18H20ClN3O4S. The molecule has 0 heterocycles. The van der Waals surface area contributed by atoms with Crippen molar-refractivity contribution in [2.45, 2.75) is 29.8 Å². The Bertz CT molecular complexity index is 961. The first-order chi connectivity index (χ1) is 12.8. The zero-order chi connectivity index (χ0) is 19.6. The lowest BCUT2D eigenvalue weighted by Gasteiger charge is -2.21. The highest BCUT2D eigenvalue weighted by atomic mass is 35.5. The molecule has 27 heavy (non-hydrogen) atoms. The topological polar surface area (TPSA) is 111 Å². The molecule has 7 nitrogen and oxygen atoms in total. The maximum Gasteiger partial charge on any atom is 0.244 e. The summed E-state index contributed by atoms with van der Waals surface area (Å²) in [6, 6.07) is 10.1. The van der Waals surface area contributed by atoms with Gasteiger partial charge in [0, 0.05) is 16.6 Å². The standard InChI is InChI=1S/C18H20ClN3O4S/c1-26-15-9-6-11(19)10-13(15)17(18(20)23)21-14-4-2-3-5-16(14)27(24,25)22-12-7-8-12/h2-6,9-10,12,17,21-22H,7-8H2,1H3,(H2,20,23). The molecule has 1 atom stereocenters. The van der Waals surface area contributed by atoms with Crippen molar-refractivity contribution >= 4 is 33.2 Å². The van der Waals surface area contributed by atoms with Crippen LogP contribution in [0.25, 0.3) is 0 Å². The van der Waals surface area contributed by atoms with Crippen molar-refractivity contribution in [1.29, 1.82) is 0 Å². The van der Waals surface area contributed by atoms with Gasteiger partial charge in [-0.25, -0.2) is 13.1 Å². The average Bonchev–Trinajstić information content (AvgIpc) is 3.43. The number of halogens is 1. The van der Waals surface area contributed by atoms with Crippen molar-refractivity contribution in [3.05, 3.63) is 53.1 Å². The van der Waals surface area contributed by atoms with E-state index in [0.717, 1.165) is 12.8 Å². The monoisotopic (exact) mass is 409 g/mol. The summed E-state index contributed by atoms with van der Waals surface area (Å²) >= 11 is 6.05. The van der Waals surface area contributed by atoms with Gasteiger partial charge in [-0.2, -0.15) is 0 Å².